The van der Waals surface area contributed by atoms with E-state index in [1.807, 2.05) is 6.07 Å². The molecule has 27 heavy (non-hydrogen) atoms. The molecule has 0 spiro atoms. The third-order valence-corrected chi connectivity index (χ3v) is 4.13. The summed E-state index contributed by atoms with van der Waals surface area (Å²) in [4.78, 5) is 36.3. The monoisotopic (exact) mass is 371 g/mol. The summed E-state index contributed by atoms with van der Waals surface area (Å²) in [7, 11) is 0. The van der Waals surface area contributed by atoms with Gasteiger partial charge in [-0.05, 0) is 25.0 Å². The first-order valence-corrected chi connectivity index (χ1v) is 8.59. The minimum atomic E-state index is -1.75. The van der Waals surface area contributed by atoms with Crippen molar-refractivity contribution < 1.29 is 24.0 Å². The Balaban J connectivity index is 2.63. The molecule has 142 valence electrons. The molecule has 0 aliphatic carbocycles. The van der Waals surface area contributed by atoms with Crippen LogP contribution in [-0.2, 0) is 30.9 Å². The number of non-ortho nitro benzene ring substituents is 1. The highest BCUT2D eigenvalue weighted by atomic mass is 16.6. The fraction of sp³-hybridized carbons (Fsp3) is 0.300. The van der Waals surface area contributed by atoms with Crippen LogP contribution in [0.3, 0.4) is 0 Å². The number of hydrogen-bond donors (Lipinski definition) is 0. The molecule has 0 aliphatic rings. The highest BCUT2D eigenvalue weighted by Crippen LogP contribution is 2.33. The smallest absolute Gasteiger partial charge is 0.328 e. The fourth-order valence-corrected chi connectivity index (χ4v) is 2.84. The minimum Gasteiger partial charge on any atom is -0.465 e. The fourth-order valence-electron chi connectivity index (χ4n) is 2.84. The molecule has 0 aromatic heterocycles. The van der Waals surface area contributed by atoms with E-state index in [2.05, 4.69) is 0 Å². The molecule has 2 aromatic rings. The average Bonchev–Trinajstić information content (AvgIpc) is 2.67. The molecule has 0 heterocycles. The number of rotatable bonds is 8. The zero-order valence-electron chi connectivity index (χ0n) is 15.2. The number of esters is 2. The van der Waals surface area contributed by atoms with Crippen LogP contribution < -0.4 is 0 Å². The van der Waals surface area contributed by atoms with Gasteiger partial charge in [-0.15, -0.1) is 0 Å². The molecule has 0 amide bonds. The van der Waals surface area contributed by atoms with Gasteiger partial charge in [0.05, 0.1) is 18.1 Å². The highest BCUT2D eigenvalue weighted by molar-refractivity contribution is 6.06. The lowest BCUT2D eigenvalue weighted by molar-refractivity contribution is -0.384. The first-order chi connectivity index (χ1) is 13.0. The first-order valence-electron chi connectivity index (χ1n) is 8.59. The predicted molar refractivity (Wildman–Crippen MR) is 98.2 cm³/mol. The lowest BCUT2D eigenvalue weighted by atomic mass is 9.75. The number of nitro benzene ring substituents is 1. The van der Waals surface area contributed by atoms with E-state index in [0.29, 0.717) is 0 Å². The van der Waals surface area contributed by atoms with E-state index in [1.54, 1.807) is 38.1 Å². The number of carbonyl (C=O) groups excluding carboxylic acids is 2. The lowest BCUT2D eigenvalue weighted by Gasteiger charge is -2.29. The maximum absolute atomic E-state index is 12.9. The van der Waals surface area contributed by atoms with Crippen molar-refractivity contribution >= 4 is 17.6 Å². The minimum absolute atomic E-state index is 0.0172. The van der Waals surface area contributed by atoms with Crippen LogP contribution in [0.5, 0.6) is 0 Å². The van der Waals surface area contributed by atoms with E-state index in [4.69, 9.17) is 9.47 Å². The van der Waals surface area contributed by atoms with Crippen LogP contribution in [0.2, 0.25) is 0 Å². The van der Waals surface area contributed by atoms with Gasteiger partial charge in [0.2, 0.25) is 0 Å². The largest absolute Gasteiger partial charge is 0.465 e. The topological polar surface area (TPSA) is 95.7 Å². The van der Waals surface area contributed by atoms with Gasteiger partial charge in [-0.3, -0.25) is 19.7 Å². The molecule has 0 unspecified atom stereocenters. The van der Waals surface area contributed by atoms with Crippen molar-refractivity contribution in [2.75, 3.05) is 13.2 Å². The Hall–Kier alpha value is -3.22. The Bertz CT molecular complexity index is 783. The van der Waals surface area contributed by atoms with Gasteiger partial charge >= 0.3 is 11.9 Å². The highest BCUT2D eigenvalue weighted by Gasteiger charge is 2.50. The molecule has 0 N–H and O–H groups in total. The molecular weight excluding hydrogens is 350 g/mol. The molecule has 0 atom stereocenters. The average molecular weight is 371 g/mol. The summed E-state index contributed by atoms with van der Waals surface area (Å²) in [6.45, 7) is 3.46. The number of nitrogens with zero attached hydrogens (tertiary/aromatic N) is 1. The van der Waals surface area contributed by atoms with Crippen molar-refractivity contribution in [3.63, 3.8) is 0 Å². The van der Waals surface area contributed by atoms with Crippen molar-refractivity contribution in [2.24, 2.45) is 0 Å². The van der Waals surface area contributed by atoms with E-state index in [9.17, 15) is 19.7 Å². The normalized spacial score (nSPS) is 10.9. The van der Waals surface area contributed by atoms with Crippen LogP contribution >= 0.6 is 0 Å². The quantitative estimate of drug-likeness (QED) is 0.306. The van der Waals surface area contributed by atoms with E-state index in [0.717, 1.165) is 5.56 Å². The van der Waals surface area contributed by atoms with Crippen LogP contribution in [0.25, 0.3) is 0 Å². The predicted octanol–water partition coefficient (Wildman–Crippen LogP) is 3.20. The Labute approximate surface area is 157 Å². The van der Waals surface area contributed by atoms with E-state index in [-0.39, 0.29) is 30.9 Å². The second kappa shape index (κ2) is 8.93. The second-order valence-corrected chi connectivity index (χ2v) is 5.81. The van der Waals surface area contributed by atoms with Gasteiger partial charge in [0.15, 0.2) is 5.41 Å². The molecule has 2 aromatic carbocycles. The van der Waals surface area contributed by atoms with Crippen molar-refractivity contribution in [3.8, 4) is 0 Å². The van der Waals surface area contributed by atoms with E-state index in [1.165, 1.54) is 24.3 Å². The summed E-state index contributed by atoms with van der Waals surface area (Å²) < 4.78 is 10.4. The Morgan fingerprint density at radius 2 is 1.44 bits per heavy atom. The molecule has 2 rings (SSSR count). The SMILES string of the molecule is CCOC(=O)C(Cc1ccccc1)(C(=O)OCC)c1ccc([N+](=O)[O-])cc1. The summed E-state index contributed by atoms with van der Waals surface area (Å²) >= 11 is 0. The van der Waals surface area contributed by atoms with Crippen LogP contribution in [0.4, 0.5) is 5.69 Å². The van der Waals surface area contributed by atoms with Gasteiger partial charge in [-0.1, -0.05) is 42.5 Å². The number of carbonyl (C=O) groups is 2. The molecule has 0 saturated heterocycles. The third kappa shape index (κ3) is 4.31. The molecular formula is C20H21NO6. The van der Waals surface area contributed by atoms with E-state index < -0.39 is 22.3 Å². The van der Waals surface area contributed by atoms with Crippen molar-refractivity contribution in [3.05, 3.63) is 75.8 Å². The zero-order chi connectivity index (χ0) is 19.9. The summed E-state index contributed by atoms with van der Waals surface area (Å²) in [6, 6.07) is 14.3. The van der Waals surface area contributed by atoms with Gasteiger partial charge in [-0.2, -0.15) is 0 Å². The molecule has 0 saturated carbocycles. The first kappa shape index (κ1) is 20.1. The molecule has 7 nitrogen and oxygen atoms in total. The number of hydrogen-bond acceptors (Lipinski definition) is 6. The standard InChI is InChI=1S/C20H21NO6/c1-3-26-18(22)20(19(23)27-4-2,14-15-8-6-5-7-9-15)16-10-12-17(13-11-16)21(24)25/h5-13H,3-4,14H2,1-2H3. The lowest BCUT2D eigenvalue weighted by Crippen LogP contribution is -2.48. The summed E-state index contributed by atoms with van der Waals surface area (Å²) in [5, 5.41) is 10.9. The van der Waals surface area contributed by atoms with Crippen molar-refractivity contribution in [1.82, 2.24) is 0 Å². The number of ether oxygens (including phenoxy) is 2. The third-order valence-electron chi connectivity index (χ3n) is 4.13. The summed E-state index contributed by atoms with van der Waals surface area (Å²) in [6.07, 6.45) is 0.0172. The van der Waals surface area contributed by atoms with Crippen molar-refractivity contribution in [2.45, 2.75) is 25.7 Å². The van der Waals surface area contributed by atoms with Gasteiger partial charge < -0.3 is 9.47 Å². The van der Waals surface area contributed by atoms with Crippen LogP contribution in [0, 0.1) is 10.1 Å². The molecule has 0 radical (unpaired) electrons. The maximum Gasteiger partial charge on any atom is 0.328 e. The van der Waals surface area contributed by atoms with Crippen molar-refractivity contribution in [1.29, 1.82) is 0 Å². The maximum atomic E-state index is 12.9. The van der Waals surface area contributed by atoms with Gasteiger partial charge in [0, 0.05) is 18.6 Å². The Morgan fingerprint density at radius 1 is 0.926 bits per heavy atom. The number of benzene rings is 2. The van der Waals surface area contributed by atoms with E-state index >= 15 is 0 Å². The zero-order valence-corrected chi connectivity index (χ0v) is 15.2. The van der Waals surface area contributed by atoms with Crippen LogP contribution in [0.1, 0.15) is 25.0 Å². The van der Waals surface area contributed by atoms with Crippen LogP contribution in [0.15, 0.2) is 54.6 Å². The number of nitro groups is 1. The second-order valence-electron chi connectivity index (χ2n) is 5.81. The van der Waals surface area contributed by atoms with Gasteiger partial charge in [-0.25, -0.2) is 0 Å². The molecule has 7 heteroatoms. The van der Waals surface area contributed by atoms with Gasteiger partial charge in [0.25, 0.3) is 5.69 Å². The summed E-state index contributed by atoms with van der Waals surface area (Å²) in [5.74, 6) is -1.50. The van der Waals surface area contributed by atoms with Gasteiger partial charge in [0.1, 0.15) is 0 Å². The molecule has 0 fully saturated rings. The Kier molecular flexibility index (Phi) is 6.65. The molecule has 0 bridgehead atoms. The Morgan fingerprint density at radius 3 is 1.89 bits per heavy atom. The molecule has 0 aliphatic heterocycles. The summed E-state index contributed by atoms with van der Waals surface area (Å²) in [5.41, 5.74) is -0.867. The van der Waals surface area contributed by atoms with Crippen LogP contribution in [-0.4, -0.2) is 30.1 Å².